The number of amides is 1. The molecule has 5 heteroatoms. The van der Waals surface area contributed by atoms with Gasteiger partial charge in [0.2, 0.25) is 5.91 Å². The third-order valence-corrected chi connectivity index (χ3v) is 4.19. The van der Waals surface area contributed by atoms with Crippen LogP contribution in [0.15, 0.2) is 60.0 Å². The van der Waals surface area contributed by atoms with E-state index in [-0.39, 0.29) is 11.7 Å². The standard InChI is InChI=1S/C18H16N2O2S/c21-16-9-5-4-8-14(16)10-11-17(22)20-18-19-15(12-23-18)13-6-2-1-3-7-13/h1-9,12,21H,10-11H2,(H,19,20,22). The van der Waals surface area contributed by atoms with Crippen LogP contribution < -0.4 is 5.32 Å². The predicted octanol–water partition coefficient (Wildman–Crippen LogP) is 4.09. The summed E-state index contributed by atoms with van der Waals surface area (Å²) >= 11 is 1.41. The number of thiazole rings is 1. The van der Waals surface area contributed by atoms with E-state index in [0.29, 0.717) is 18.0 Å². The van der Waals surface area contributed by atoms with Crippen LogP contribution in [-0.2, 0) is 11.2 Å². The molecule has 0 atom stereocenters. The normalized spacial score (nSPS) is 10.4. The molecule has 116 valence electrons. The van der Waals surface area contributed by atoms with Gasteiger partial charge >= 0.3 is 0 Å². The molecule has 2 aromatic carbocycles. The number of phenols is 1. The molecule has 0 fully saturated rings. The number of benzene rings is 2. The molecule has 0 saturated heterocycles. The van der Waals surface area contributed by atoms with E-state index in [1.165, 1.54) is 11.3 Å². The largest absolute Gasteiger partial charge is 0.508 e. The zero-order valence-corrected chi connectivity index (χ0v) is 13.2. The summed E-state index contributed by atoms with van der Waals surface area (Å²) in [6.45, 7) is 0. The van der Waals surface area contributed by atoms with Crippen molar-refractivity contribution in [2.45, 2.75) is 12.8 Å². The molecule has 1 heterocycles. The van der Waals surface area contributed by atoms with E-state index < -0.39 is 0 Å². The first-order valence-electron chi connectivity index (χ1n) is 7.30. The second kappa shape index (κ2) is 7.07. The molecule has 0 aliphatic rings. The van der Waals surface area contributed by atoms with Gasteiger partial charge in [0.05, 0.1) is 5.69 Å². The van der Waals surface area contributed by atoms with Crippen LogP contribution in [0.4, 0.5) is 5.13 Å². The molecule has 0 spiro atoms. The van der Waals surface area contributed by atoms with Crippen LogP contribution >= 0.6 is 11.3 Å². The number of aromatic hydroxyl groups is 1. The monoisotopic (exact) mass is 324 g/mol. The number of aromatic nitrogens is 1. The summed E-state index contributed by atoms with van der Waals surface area (Å²) in [5.41, 5.74) is 2.65. The number of carbonyl (C=O) groups is 1. The van der Waals surface area contributed by atoms with Gasteiger partial charge in [-0.05, 0) is 18.1 Å². The third kappa shape index (κ3) is 3.96. The summed E-state index contributed by atoms with van der Waals surface area (Å²) in [7, 11) is 0. The van der Waals surface area contributed by atoms with Crippen molar-refractivity contribution in [1.82, 2.24) is 4.98 Å². The van der Waals surface area contributed by atoms with Crippen LogP contribution in [0.2, 0.25) is 0 Å². The zero-order chi connectivity index (χ0) is 16.1. The highest BCUT2D eigenvalue weighted by Gasteiger charge is 2.09. The van der Waals surface area contributed by atoms with Crippen molar-refractivity contribution < 1.29 is 9.90 Å². The fraction of sp³-hybridized carbons (Fsp3) is 0.111. The van der Waals surface area contributed by atoms with Crippen molar-refractivity contribution in [3.63, 3.8) is 0 Å². The molecule has 0 aliphatic carbocycles. The van der Waals surface area contributed by atoms with Gasteiger partial charge in [0, 0.05) is 17.4 Å². The molecule has 2 N–H and O–H groups in total. The van der Waals surface area contributed by atoms with Crippen LogP contribution in [0.5, 0.6) is 5.75 Å². The van der Waals surface area contributed by atoms with Crippen LogP contribution in [0.25, 0.3) is 11.3 Å². The molecule has 23 heavy (non-hydrogen) atoms. The molecular formula is C18H16N2O2S. The summed E-state index contributed by atoms with van der Waals surface area (Å²) in [6, 6.07) is 16.9. The maximum atomic E-state index is 12.0. The van der Waals surface area contributed by atoms with E-state index in [1.54, 1.807) is 12.1 Å². The summed E-state index contributed by atoms with van der Waals surface area (Å²) in [4.78, 5) is 16.4. The average molecular weight is 324 g/mol. The van der Waals surface area contributed by atoms with Crippen LogP contribution in [0.3, 0.4) is 0 Å². The van der Waals surface area contributed by atoms with Crippen molar-refractivity contribution in [3.8, 4) is 17.0 Å². The van der Waals surface area contributed by atoms with E-state index >= 15 is 0 Å². The minimum absolute atomic E-state index is 0.109. The van der Waals surface area contributed by atoms with E-state index in [1.807, 2.05) is 47.8 Å². The lowest BCUT2D eigenvalue weighted by atomic mass is 10.1. The van der Waals surface area contributed by atoms with Crippen molar-refractivity contribution in [2.24, 2.45) is 0 Å². The minimum Gasteiger partial charge on any atom is -0.508 e. The Bertz CT molecular complexity index is 800. The minimum atomic E-state index is -0.109. The topological polar surface area (TPSA) is 62.2 Å². The van der Waals surface area contributed by atoms with E-state index in [4.69, 9.17) is 0 Å². The molecule has 1 aromatic heterocycles. The van der Waals surface area contributed by atoms with E-state index in [2.05, 4.69) is 10.3 Å². The lowest BCUT2D eigenvalue weighted by Gasteiger charge is -2.04. The fourth-order valence-electron chi connectivity index (χ4n) is 2.22. The average Bonchev–Trinajstić information content (AvgIpc) is 3.03. The van der Waals surface area contributed by atoms with Gasteiger partial charge in [-0.1, -0.05) is 48.5 Å². The Morgan fingerprint density at radius 2 is 1.83 bits per heavy atom. The van der Waals surface area contributed by atoms with Crippen LogP contribution in [-0.4, -0.2) is 16.0 Å². The highest BCUT2D eigenvalue weighted by atomic mass is 32.1. The molecule has 3 aromatic rings. The van der Waals surface area contributed by atoms with Gasteiger partial charge in [-0.2, -0.15) is 0 Å². The highest BCUT2D eigenvalue weighted by Crippen LogP contribution is 2.25. The number of nitrogens with zero attached hydrogens (tertiary/aromatic N) is 1. The SMILES string of the molecule is O=C(CCc1ccccc1O)Nc1nc(-c2ccccc2)cs1. The number of para-hydroxylation sites is 1. The van der Waals surface area contributed by atoms with Crippen molar-refractivity contribution in [1.29, 1.82) is 0 Å². The van der Waals surface area contributed by atoms with Gasteiger partial charge in [-0.25, -0.2) is 4.98 Å². The lowest BCUT2D eigenvalue weighted by molar-refractivity contribution is -0.116. The van der Waals surface area contributed by atoms with Gasteiger partial charge in [0.1, 0.15) is 5.75 Å². The number of hydrogen-bond acceptors (Lipinski definition) is 4. The Morgan fingerprint density at radius 3 is 2.61 bits per heavy atom. The van der Waals surface area contributed by atoms with Gasteiger partial charge in [0.25, 0.3) is 0 Å². The van der Waals surface area contributed by atoms with Crippen molar-refractivity contribution in [3.05, 3.63) is 65.5 Å². The molecule has 0 bridgehead atoms. The van der Waals surface area contributed by atoms with Crippen LogP contribution in [0, 0.1) is 0 Å². The predicted molar refractivity (Wildman–Crippen MR) is 92.6 cm³/mol. The Morgan fingerprint density at radius 1 is 1.09 bits per heavy atom. The maximum Gasteiger partial charge on any atom is 0.226 e. The van der Waals surface area contributed by atoms with Gasteiger partial charge in [-0.15, -0.1) is 11.3 Å². The van der Waals surface area contributed by atoms with Gasteiger partial charge < -0.3 is 10.4 Å². The lowest BCUT2D eigenvalue weighted by Crippen LogP contribution is -2.12. The van der Waals surface area contributed by atoms with Crippen LogP contribution in [0.1, 0.15) is 12.0 Å². The molecule has 1 amide bonds. The van der Waals surface area contributed by atoms with Crippen molar-refractivity contribution in [2.75, 3.05) is 5.32 Å². The summed E-state index contributed by atoms with van der Waals surface area (Å²) < 4.78 is 0. The molecule has 3 rings (SSSR count). The summed E-state index contributed by atoms with van der Waals surface area (Å²) in [6.07, 6.45) is 0.799. The van der Waals surface area contributed by atoms with Gasteiger partial charge in [0.15, 0.2) is 5.13 Å². The number of hydrogen-bond donors (Lipinski definition) is 2. The van der Waals surface area contributed by atoms with Gasteiger partial charge in [-0.3, -0.25) is 4.79 Å². The maximum absolute atomic E-state index is 12.0. The first-order chi connectivity index (χ1) is 11.2. The summed E-state index contributed by atoms with van der Waals surface area (Å²) in [5, 5.41) is 15.0. The van der Waals surface area contributed by atoms with E-state index in [9.17, 15) is 9.90 Å². The number of rotatable bonds is 5. The third-order valence-electron chi connectivity index (χ3n) is 3.43. The first-order valence-corrected chi connectivity index (χ1v) is 8.18. The molecule has 0 saturated carbocycles. The number of phenolic OH excluding ortho intramolecular Hbond substituents is 1. The summed E-state index contributed by atoms with van der Waals surface area (Å²) in [5.74, 6) is 0.114. The number of anilines is 1. The Balaban J connectivity index is 1.58. The Labute approximate surface area is 138 Å². The molecule has 0 unspecified atom stereocenters. The zero-order valence-electron chi connectivity index (χ0n) is 12.4. The van der Waals surface area contributed by atoms with E-state index in [0.717, 1.165) is 16.8 Å². The number of nitrogens with one attached hydrogen (secondary N) is 1. The highest BCUT2D eigenvalue weighted by molar-refractivity contribution is 7.14. The second-order valence-electron chi connectivity index (χ2n) is 5.08. The number of aryl methyl sites for hydroxylation is 1. The smallest absolute Gasteiger partial charge is 0.226 e. The van der Waals surface area contributed by atoms with Crippen molar-refractivity contribution >= 4 is 22.4 Å². The first kappa shape index (κ1) is 15.2. The number of carbonyl (C=O) groups excluding carboxylic acids is 1. The fourth-order valence-corrected chi connectivity index (χ4v) is 2.96. The molecule has 0 aliphatic heterocycles. The molecular weight excluding hydrogens is 308 g/mol. The quantitative estimate of drug-likeness (QED) is 0.743. The molecule has 0 radical (unpaired) electrons. The molecule has 4 nitrogen and oxygen atoms in total. The second-order valence-corrected chi connectivity index (χ2v) is 5.94. The Kier molecular flexibility index (Phi) is 4.68. The Hall–Kier alpha value is -2.66.